The number of hydrogen-bond donors (Lipinski definition) is 0. The molecular formula is C13H24F4N2O2. The highest BCUT2D eigenvalue weighted by atomic mass is 19.3. The van der Waals surface area contributed by atoms with Gasteiger partial charge in [0, 0.05) is 27.3 Å². The van der Waals surface area contributed by atoms with Gasteiger partial charge in [-0.25, -0.2) is 8.78 Å². The molecule has 0 radical (unpaired) electrons. The van der Waals surface area contributed by atoms with Crippen LogP contribution in [0.2, 0.25) is 0 Å². The molecule has 0 aromatic carbocycles. The Morgan fingerprint density at radius 1 is 0.905 bits per heavy atom. The first kappa shape index (κ1) is 18.6. The molecule has 126 valence electrons. The summed E-state index contributed by atoms with van der Waals surface area (Å²) in [6.07, 6.45) is -8.78. The van der Waals surface area contributed by atoms with E-state index < -0.39 is 31.0 Å². The summed E-state index contributed by atoms with van der Waals surface area (Å²) in [4.78, 5) is 0.440. The van der Waals surface area contributed by atoms with Crippen molar-refractivity contribution in [3.8, 4) is 0 Å². The minimum atomic E-state index is -3.71. The number of alkyl halides is 4. The molecule has 0 bridgehead atoms. The van der Waals surface area contributed by atoms with Crippen LogP contribution in [0, 0.1) is 0 Å². The van der Waals surface area contributed by atoms with E-state index in [1.165, 1.54) is 14.2 Å². The molecule has 8 heteroatoms. The quantitative estimate of drug-likeness (QED) is 0.508. The molecule has 4 atom stereocenters. The lowest BCUT2D eigenvalue weighted by molar-refractivity contribution is -0.239. The molecule has 0 amide bonds. The van der Waals surface area contributed by atoms with E-state index in [1.807, 2.05) is 0 Å². The molecule has 1 saturated heterocycles. The van der Waals surface area contributed by atoms with Crippen LogP contribution in [0.1, 0.15) is 26.7 Å². The maximum absolute atomic E-state index is 14.3. The first-order chi connectivity index (χ1) is 9.83. The fraction of sp³-hybridized carbons (Fsp3) is 1.00. The number of hydrogen-bond acceptors (Lipinski definition) is 4. The standard InChI is InChI=1S/C13H24F4N2O2/c1-5-9(20-3)7-18-11(14)12(15)19(13(18,16)17)8-10(6-2)21-4/h9-12H,5-8H2,1-4H3. The van der Waals surface area contributed by atoms with Gasteiger partial charge in [0.1, 0.15) is 0 Å². The zero-order valence-corrected chi connectivity index (χ0v) is 12.9. The minimum Gasteiger partial charge on any atom is -0.380 e. The Hall–Kier alpha value is -0.440. The van der Waals surface area contributed by atoms with E-state index in [0.29, 0.717) is 12.8 Å². The second-order valence-corrected chi connectivity index (χ2v) is 5.09. The van der Waals surface area contributed by atoms with Gasteiger partial charge in [-0.3, -0.25) is 0 Å². The number of nitrogens with zero attached hydrogens (tertiary/aromatic N) is 2. The van der Waals surface area contributed by atoms with Crippen molar-refractivity contribution in [2.45, 2.75) is 57.7 Å². The van der Waals surface area contributed by atoms with E-state index in [1.54, 1.807) is 13.8 Å². The number of methoxy groups -OCH3 is 2. The van der Waals surface area contributed by atoms with Gasteiger partial charge in [-0.1, -0.05) is 13.8 Å². The molecule has 1 aliphatic heterocycles. The van der Waals surface area contributed by atoms with Gasteiger partial charge in [0.05, 0.1) is 12.2 Å². The summed E-state index contributed by atoms with van der Waals surface area (Å²) in [5, 5.41) is 0. The van der Waals surface area contributed by atoms with Crippen molar-refractivity contribution in [3.63, 3.8) is 0 Å². The van der Waals surface area contributed by atoms with E-state index >= 15 is 0 Å². The van der Waals surface area contributed by atoms with Crippen molar-refractivity contribution in [1.82, 2.24) is 9.80 Å². The van der Waals surface area contributed by atoms with Gasteiger partial charge in [0.25, 0.3) is 0 Å². The SMILES string of the molecule is CCC(CN1C(F)C(F)N(CC(CC)OC)C1(F)F)OC. The summed E-state index contributed by atoms with van der Waals surface area (Å²) in [6.45, 7) is 2.72. The summed E-state index contributed by atoms with van der Waals surface area (Å²) < 4.78 is 66.5. The van der Waals surface area contributed by atoms with Crippen LogP contribution in [0.5, 0.6) is 0 Å². The summed E-state index contributed by atoms with van der Waals surface area (Å²) in [5.74, 6) is 0. The second-order valence-electron chi connectivity index (χ2n) is 5.09. The molecule has 0 aromatic rings. The molecule has 0 spiro atoms. The van der Waals surface area contributed by atoms with Crippen molar-refractivity contribution < 1.29 is 27.0 Å². The van der Waals surface area contributed by atoms with Gasteiger partial charge in [0.15, 0.2) is 0 Å². The molecule has 0 aliphatic carbocycles. The molecule has 0 saturated carbocycles. The lowest BCUT2D eigenvalue weighted by Crippen LogP contribution is -2.51. The van der Waals surface area contributed by atoms with Gasteiger partial charge in [0.2, 0.25) is 12.6 Å². The largest absolute Gasteiger partial charge is 0.380 e. The third kappa shape index (κ3) is 3.85. The molecule has 0 N–H and O–H groups in total. The van der Waals surface area contributed by atoms with E-state index in [-0.39, 0.29) is 22.9 Å². The Morgan fingerprint density at radius 3 is 1.48 bits per heavy atom. The Morgan fingerprint density at radius 2 is 1.24 bits per heavy atom. The molecule has 0 aromatic heterocycles. The third-order valence-electron chi connectivity index (χ3n) is 3.89. The Balaban J connectivity index is 2.88. The summed E-state index contributed by atoms with van der Waals surface area (Å²) >= 11 is 0. The highest BCUT2D eigenvalue weighted by molar-refractivity contribution is 4.90. The molecule has 1 aliphatic rings. The zero-order valence-electron chi connectivity index (χ0n) is 12.9. The monoisotopic (exact) mass is 316 g/mol. The van der Waals surface area contributed by atoms with Crippen LogP contribution in [-0.2, 0) is 9.47 Å². The number of ether oxygens (including phenoxy) is 2. The summed E-state index contributed by atoms with van der Waals surface area (Å²) in [7, 11) is 2.72. The van der Waals surface area contributed by atoms with Crippen LogP contribution in [0.3, 0.4) is 0 Å². The van der Waals surface area contributed by atoms with Crippen molar-refractivity contribution >= 4 is 0 Å². The zero-order chi connectivity index (χ0) is 16.2. The van der Waals surface area contributed by atoms with E-state index in [9.17, 15) is 17.6 Å². The fourth-order valence-electron chi connectivity index (χ4n) is 2.36. The van der Waals surface area contributed by atoms with Crippen LogP contribution in [0.4, 0.5) is 17.6 Å². The average molecular weight is 316 g/mol. The Kier molecular flexibility index (Phi) is 6.83. The van der Waals surface area contributed by atoms with Crippen LogP contribution < -0.4 is 0 Å². The first-order valence-corrected chi connectivity index (χ1v) is 7.08. The summed E-state index contributed by atoms with van der Waals surface area (Å²) in [5.41, 5.74) is 0. The average Bonchev–Trinajstić information content (AvgIpc) is 2.62. The highest BCUT2D eigenvalue weighted by Crippen LogP contribution is 2.40. The Bertz CT molecular complexity index is 287. The van der Waals surface area contributed by atoms with Gasteiger partial charge in [-0.15, -0.1) is 0 Å². The van der Waals surface area contributed by atoms with E-state index in [0.717, 1.165) is 0 Å². The number of halogens is 4. The third-order valence-corrected chi connectivity index (χ3v) is 3.89. The van der Waals surface area contributed by atoms with Crippen LogP contribution in [-0.4, -0.2) is 68.1 Å². The van der Waals surface area contributed by atoms with Crippen LogP contribution in [0.25, 0.3) is 0 Å². The highest BCUT2D eigenvalue weighted by Gasteiger charge is 2.61. The maximum Gasteiger partial charge on any atom is 0.374 e. The lowest BCUT2D eigenvalue weighted by Gasteiger charge is -2.32. The lowest BCUT2D eigenvalue weighted by atomic mass is 10.2. The molecular weight excluding hydrogens is 292 g/mol. The molecule has 1 heterocycles. The molecule has 1 fully saturated rings. The smallest absolute Gasteiger partial charge is 0.374 e. The predicted octanol–water partition coefficient (Wildman–Crippen LogP) is 2.60. The van der Waals surface area contributed by atoms with E-state index in [4.69, 9.17) is 9.47 Å². The molecule has 4 unspecified atom stereocenters. The van der Waals surface area contributed by atoms with Crippen molar-refractivity contribution in [2.75, 3.05) is 27.3 Å². The van der Waals surface area contributed by atoms with Crippen LogP contribution >= 0.6 is 0 Å². The predicted molar refractivity (Wildman–Crippen MR) is 70.3 cm³/mol. The van der Waals surface area contributed by atoms with Gasteiger partial charge >= 0.3 is 6.17 Å². The minimum absolute atomic E-state index is 0.220. The maximum atomic E-state index is 14.3. The number of rotatable bonds is 8. The summed E-state index contributed by atoms with van der Waals surface area (Å²) in [6, 6.07) is 0. The molecule has 1 rings (SSSR count). The van der Waals surface area contributed by atoms with Crippen molar-refractivity contribution in [3.05, 3.63) is 0 Å². The normalized spacial score (nSPS) is 29.7. The van der Waals surface area contributed by atoms with Crippen LogP contribution in [0.15, 0.2) is 0 Å². The van der Waals surface area contributed by atoms with Gasteiger partial charge < -0.3 is 9.47 Å². The molecule has 4 nitrogen and oxygen atoms in total. The van der Waals surface area contributed by atoms with Crippen molar-refractivity contribution in [1.29, 1.82) is 0 Å². The topological polar surface area (TPSA) is 24.9 Å². The molecule has 21 heavy (non-hydrogen) atoms. The van der Waals surface area contributed by atoms with Gasteiger partial charge in [-0.2, -0.15) is 18.6 Å². The van der Waals surface area contributed by atoms with Crippen molar-refractivity contribution in [2.24, 2.45) is 0 Å². The Labute approximate surface area is 123 Å². The van der Waals surface area contributed by atoms with E-state index in [2.05, 4.69) is 0 Å². The van der Waals surface area contributed by atoms with Gasteiger partial charge in [-0.05, 0) is 12.8 Å². The second kappa shape index (κ2) is 7.71. The first-order valence-electron chi connectivity index (χ1n) is 7.08. The fourth-order valence-corrected chi connectivity index (χ4v) is 2.36.